The van der Waals surface area contributed by atoms with Crippen LogP contribution in [-0.2, 0) is 6.54 Å². The van der Waals surface area contributed by atoms with E-state index in [9.17, 15) is 4.79 Å². The molecule has 2 nitrogen and oxygen atoms in total. The first-order chi connectivity index (χ1) is 9.66. The monoisotopic (exact) mass is 269 g/mol. The van der Waals surface area contributed by atoms with E-state index in [0.717, 1.165) is 17.7 Å². The molecule has 0 saturated carbocycles. The zero-order chi connectivity index (χ0) is 15.0. The van der Waals surface area contributed by atoms with Gasteiger partial charge in [-0.3, -0.25) is 4.79 Å². The average Bonchev–Trinajstić information content (AvgIpc) is 2.50. The number of rotatable bonds is 4. The minimum absolute atomic E-state index is 0.0759. The Bertz CT molecular complexity index is 515. The molecule has 0 fully saturated rings. The Morgan fingerprint density at radius 2 is 1.35 bits per heavy atom. The highest BCUT2D eigenvalue weighted by molar-refractivity contribution is 6.08. The number of nitrogens with zero attached hydrogens (tertiary/aromatic N) is 1. The molecule has 20 heavy (non-hydrogen) atoms. The summed E-state index contributed by atoms with van der Waals surface area (Å²) in [5.41, 5.74) is 2.69. The van der Waals surface area contributed by atoms with Gasteiger partial charge in [0.2, 0.25) is 0 Å². The van der Waals surface area contributed by atoms with Gasteiger partial charge in [0.05, 0.1) is 0 Å². The second-order valence-electron chi connectivity index (χ2n) is 4.63. The van der Waals surface area contributed by atoms with Gasteiger partial charge in [-0.25, -0.2) is 0 Å². The van der Waals surface area contributed by atoms with Crippen LogP contribution < -0.4 is 0 Å². The van der Waals surface area contributed by atoms with Crippen LogP contribution >= 0.6 is 0 Å². The van der Waals surface area contributed by atoms with Crippen LogP contribution in [0.25, 0.3) is 0 Å². The van der Waals surface area contributed by atoms with Crippen molar-refractivity contribution in [3.63, 3.8) is 0 Å². The maximum atomic E-state index is 12.2. The van der Waals surface area contributed by atoms with E-state index < -0.39 is 0 Å². The second-order valence-corrected chi connectivity index (χ2v) is 4.63. The van der Waals surface area contributed by atoms with Crippen molar-refractivity contribution < 1.29 is 4.79 Å². The van der Waals surface area contributed by atoms with Crippen LogP contribution in [0.4, 0.5) is 0 Å². The van der Waals surface area contributed by atoms with Crippen molar-refractivity contribution in [2.24, 2.45) is 0 Å². The lowest BCUT2D eigenvalue weighted by Gasteiger charge is -2.09. The highest BCUT2D eigenvalue weighted by atomic mass is 16.1. The van der Waals surface area contributed by atoms with Gasteiger partial charge in [0.25, 0.3) is 0 Å². The number of carbonyl (C=O) groups excluding carboxylic acids is 1. The number of ketones is 1. The SMILES string of the molecule is CC.CN(C)Cc1ccc(C(=O)c2ccccc2)cc1. The smallest absolute Gasteiger partial charge is 0.193 e. The molecule has 0 unspecified atom stereocenters. The molecule has 0 aliphatic heterocycles. The lowest BCUT2D eigenvalue weighted by Crippen LogP contribution is -2.10. The molecule has 2 heteroatoms. The summed E-state index contributed by atoms with van der Waals surface area (Å²) in [6, 6.07) is 17.2. The van der Waals surface area contributed by atoms with Crippen molar-refractivity contribution in [1.82, 2.24) is 4.90 Å². The van der Waals surface area contributed by atoms with Gasteiger partial charge in [0, 0.05) is 17.7 Å². The normalized spacial score (nSPS) is 9.85. The summed E-state index contributed by atoms with van der Waals surface area (Å²) in [5.74, 6) is 0.0759. The van der Waals surface area contributed by atoms with Gasteiger partial charge in [-0.1, -0.05) is 68.4 Å². The Kier molecular flexibility index (Phi) is 6.68. The number of hydrogen-bond donors (Lipinski definition) is 0. The quantitative estimate of drug-likeness (QED) is 0.782. The molecule has 106 valence electrons. The predicted octanol–water partition coefficient (Wildman–Crippen LogP) is 4.01. The van der Waals surface area contributed by atoms with E-state index in [1.807, 2.05) is 82.5 Å². The molecule has 0 aromatic heterocycles. The summed E-state index contributed by atoms with van der Waals surface area (Å²) in [7, 11) is 4.06. The van der Waals surface area contributed by atoms with Crippen molar-refractivity contribution in [3.05, 3.63) is 71.3 Å². The minimum atomic E-state index is 0.0759. The first-order valence-electron chi connectivity index (χ1n) is 7.00. The fraction of sp³-hybridized carbons (Fsp3) is 0.278. The third kappa shape index (κ3) is 4.63. The van der Waals surface area contributed by atoms with E-state index in [1.165, 1.54) is 5.56 Å². The van der Waals surface area contributed by atoms with E-state index in [4.69, 9.17) is 0 Å². The van der Waals surface area contributed by atoms with Crippen molar-refractivity contribution in [3.8, 4) is 0 Å². The lowest BCUT2D eigenvalue weighted by molar-refractivity contribution is 0.103. The van der Waals surface area contributed by atoms with Crippen LogP contribution in [0.15, 0.2) is 54.6 Å². The molecule has 0 bridgehead atoms. The summed E-state index contributed by atoms with van der Waals surface area (Å²) in [6.45, 7) is 4.89. The van der Waals surface area contributed by atoms with Gasteiger partial charge >= 0.3 is 0 Å². The fourth-order valence-electron chi connectivity index (χ4n) is 1.88. The maximum absolute atomic E-state index is 12.2. The summed E-state index contributed by atoms with van der Waals surface area (Å²) < 4.78 is 0. The molecule has 2 aromatic carbocycles. The zero-order valence-electron chi connectivity index (χ0n) is 12.8. The van der Waals surface area contributed by atoms with E-state index in [1.54, 1.807) is 0 Å². The molecule has 0 aliphatic rings. The Morgan fingerprint density at radius 3 is 1.85 bits per heavy atom. The highest BCUT2D eigenvalue weighted by Gasteiger charge is 2.07. The Hall–Kier alpha value is -1.93. The van der Waals surface area contributed by atoms with E-state index in [-0.39, 0.29) is 5.78 Å². The first-order valence-corrected chi connectivity index (χ1v) is 7.00. The Balaban J connectivity index is 0.000000956. The molecule has 0 spiro atoms. The summed E-state index contributed by atoms with van der Waals surface area (Å²) in [5, 5.41) is 0. The number of carbonyl (C=O) groups is 1. The first kappa shape index (κ1) is 16.1. The Morgan fingerprint density at radius 1 is 0.850 bits per heavy atom. The van der Waals surface area contributed by atoms with E-state index in [0.29, 0.717) is 0 Å². The predicted molar refractivity (Wildman–Crippen MR) is 85.1 cm³/mol. The number of benzene rings is 2. The second kappa shape index (κ2) is 8.28. The third-order valence-corrected chi connectivity index (χ3v) is 2.75. The number of hydrogen-bond acceptors (Lipinski definition) is 2. The summed E-state index contributed by atoms with van der Waals surface area (Å²) in [6.07, 6.45) is 0. The molecule has 0 saturated heterocycles. The van der Waals surface area contributed by atoms with E-state index in [2.05, 4.69) is 4.90 Å². The standard InChI is InChI=1S/C16H17NO.C2H6/c1-17(2)12-13-8-10-15(11-9-13)16(18)14-6-4-3-5-7-14;1-2/h3-11H,12H2,1-2H3;1-2H3. The summed E-state index contributed by atoms with van der Waals surface area (Å²) in [4.78, 5) is 14.3. The highest BCUT2D eigenvalue weighted by Crippen LogP contribution is 2.11. The van der Waals surface area contributed by atoms with Crippen LogP contribution in [0.1, 0.15) is 35.3 Å². The van der Waals surface area contributed by atoms with E-state index >= 15 is 0 Å². The van der Waals surface area contributed by atoms with Gasteiger partial charge in [0.15, 0.2) is 5.78 Å². The Labute approximate surface area is 122 Å². The van der Waals surface area contributed by atoms with Crippen LogP contribution in [0.5, 0.6) is 0 Å². The van der Waals surface area contributed by atoms with Crippen molar-refractivity contribution in [2.45, 2.75) is 20.4 Å². The van der Waals surface area contributed by atoms with Crippen molar-refractivity contribution in [1.29, 1.82) is 0 Å². The zero-order valence-corrected chi connectivity index (χ0v) is 12.8. The fourth-order valence-corrected chi connectivity index (χ4v) is 1.88. The molecule has 0 amide bonds. The molecule has 0 N–H and O–H groups in total. The van der Waals surface area contributed by atoms with Crippen LogP contribution in [0, 0.1) is 0 Å². The van der Waals surface area contributed by atoms with Gasteiger partial charge in [-0.15, -0.1) is 0 Å². The minimum Gasteiger partial charge on any atom is -0.305 e. The molecule has 0 atom stereocenters. The summed E-state index contributed by atoms with van der Waals surface area (Å²) >= 11 is 0. The van der Waals surface area contributed by atoms with Crippen LogP contribution in [0.3, 0.4) is 0 Å². The third-order valence-electron chi connectivity index (χ3n) is 2.75. The van der Waals surface area contributed by atoms with Gasteiger partial charge in [0.1, 0.15) is 0 Å². The molecular formula is C18H23NO. The lowest BCUT2D eigenvalue weighted by atomic mass is 10.0. The van der Waals surface area contributed by atoms with Crippen LogP contribution in [-0.4, -0.2) is 24.8 Å². The molecule has 0 aliphatic carbocycles. The van der Waals surface area contributed by atoms with Gasteiger partial charge < -0.3 is 4.90 Å². The molecule has 2 aromatic rings. The molecule has 0 radical (unpaired) electrons. The van der Waals surface area contributed by atoms with Gasteiger partial charge in [-0.05, 0) is 19.7 Å². The largest absolute Gasteiger partial charge is 0.305 e. The van der Waals surface area contributed by atoms with Crippen LogP contribution in [0.2, 0.25) is 0 Å². The van der Waals surface area contributed by atoms with Gasteiger partial charge in [-0.2, -0.15) is 0 Å². The maximum Gasteiger partial charge on any atom is 0.193 e. The molecule has 0 heterocycles. The van der Waals surface area contributed by atoms with Crippen molar-refractivity contribution in [2.75, 3.05) is 14.1 Å². The molecular weight excluding hydrogens is 246 g/mol. The molecule has 2 rings (SSSR count). The van der Waals surface area contributed by atoms with Crippen molar-refractivity contribution >= 4 is 5.78 Å². The topological polar surface area (TPSA) is 20.3 Å². The average molecular weight is 269 g/mol.